The van der Waals surface area contributed by atoms with E-state index >= 15 is 0 Å². The number of nitrogens with zero attached hydrogens (tertiary/aromatic N) is 2. The standard InChI is InChI=1S/C18H24N4O2/c1-12-15(17(24)22-20-12)9-10-16(23)21-19-11-13-5-7-14(8-6-13)18(2,3)4/h5-8,11,15H,9-10H2,1-4H3,(H,21,23)(H,22,24)/b19-11-/t15-/m0/s1. The quantitative estimate of drug-likeness (QED) is 0.642. The lowest BCUT2D eigenvalue weighted by atomic mass is 9.87. The second kappa shape index (κ2) is 7.38. The number of benzene rings is 1. The van der Waals surface area contributed by atoms with E-state index in [4.69, 9.17) is 0 Å². The van der Waals surface area contributed by atoms with Gasteiger partial charge in [-0.1, -0.05) is 45.0 Å². The molecule has 1 aromatic rings. The average Bonchev–Trinajstić information content (AvgIpc) is 2.83. The highest BCUT2D eigenvalue weighted by Crippen LogP contribution is 2.21. The molecule has 128 valence electrons. The summed E-state index contributed by atoms with van der Waals surface area (Å²) in [7, 11) is 0. The summed E-state index contributed by atoms with van der Waals surface area (Å²) >= 11 is 0. The van der Waals surface area contributed by atoms with Crippen LogP contribution in [0.15, 0.2) is 34.5 Å². The number of hydrogen-bond acceptors (Lipinski definition) is 4. The maximum absolute atomic E-state index is 11.8. The van der Waals surface area contributed by atoms with E-state index in [1.165, 1.54) is 5.56 Å². The fourth-order valence-electron chi connectivity index (χ4n) is 2.41. The first-order valence-electron chi connectivity index (χ1n) is 8.04. The number of carbonyl (C=O) groups is 2. The Morgan fingerprint density at radius 2 is 2.00 bits per heavy atom. The van der Waals surface area contributed by atoms with Crippen LogP contribution in [-0.2, 0) is 15.0 Å². The van der Waals surface area contributed by atoms with Crippen LogP contribution in [0.25, 0.3) is 0 Å². The molecule has 0 saturated carbocycles. The van der Waals surface area contributed by atoms with Crippen molar-refractivity contribution in [3.05, 3.63) is 35.4 Å². The second-order valence-corrected chi connectivity index (χ2v) is 6.99. The van der Waals surface area contributed by atoms with Crippen molar-refractivity contribution in [3.63, 3.8) is 0 Å². The summed E-state index contributed by atoms with van der Waals surface area (Å²) in [5.41, 5.74) is 7.89. The molecule has 6 heteroatoms. The van der Waals surface area contributed by atoms with E-state index < -0.39 is 0 Å². The monoisotopic (exact) mass is 328 g/mol. The van der Waals surface area contributed by atoms with Gasteiger partial charge < -0.3 is 0 Å². The molecule has 1 aliphatic rings. The van der Waals surface area contributed by atoms with Gasteiger partial charge in [-0.3, -0.25) is 9.59 Å². The molecular formula is C18H24N4O2. The van der Waals surface area contributed by atoms with E-state index in [0.717, 1.165) is 11.3 Å². The van der Waals surface area contributed by atoms with Crippen LogP contribution in [0.2, 0.25) is 0 Å². The zero-order valence-electron chi connectivity index (χ0n) is 14.6. The number of rotatable bonds is 5. The third-order valence-electron chi connectivity index (χ3n) is 4.00. The lowest BCUT2D eigenvalue weighted by Crippen LogP contribution is -2.25. The molecular weight excluding hydrogens is 304 g/mol. The minimum atomic E-state index is -0.315. The first-order chi connectivity index (χ1) is 11.3. The highest BCUT2D eigenvalue weighted by molar-refractivity contribution is 6.07. The summed E-state index contributed by atoms with van der Waals surface area (Å²) in [6, 6.07) is 8.06. The van der Waals surface area contributed by atoms with E-state index in [-0.39, 0.29) is 29.6 Å². The molecule has 2 rings (SSSR count). The van der Waals surface area contributed by atoms with Crippen molar-refractivity contribution in [1.29, 1.82) is 0 Å². The van der Waals surface area contributed by atoms with Gasteiger partial charge in [0.05, 0.1) is 12.1 Å². The Balaban J connectivity index is 1.80. The predicted molar refractivity (Wildman–Crippen MR) is 94.9 cm³/mol. The zero-order valence-corrected chi connectivity index (χ0v) is 14.6. The van der Waals surface area contributed by atoms with E-state index in [2.05, 4.69) is 54.0 Å². The van der Waals surface area contributed by atoms with Crippen molar-refractivity contribution in [2.75, 3.05) is 0 Å². The molecule has 1 atom stereocenters. The summed E-state index contributed by atoms with van der Waals surface area (Å²) in [6.45, 7) is 8.26. The lowest BCUT2D eigenvalue weighted by Gasteiger charge is -2.18. The van der Waals surface area contributed by atoms with Gasteiger partial charge >= 0.3 is 0 Å². The molecule has 1 aliphatic heterocycles. The highest BCUT2D eigenvalue weighted by atomic mass is 16.2. The first kappa shape index (κ1) is 17.8. The Labute approximate surface area is 142 Å². The number of hydrazone groups is 2. The van der Waals surface area contributed by atoms with Crippen molar-refractivity contribution in [1.82, 2.24) is 10.9 Å². The Morgan fingerprint density at radius 3 is 2.54 bits per heavy atom. The Morgan fingerprint density at radius 1 is 1.33 bits per heavy atom. The molecule has 1 aromatic carbocycles. The van der Waals surface area contributed by atoms with Crippen LogP contribution in [0.1, 0.15) is 51.7 Å². The van der Waals surface area contributed by atoms with E-state index in [0.29, 0.717) is 6.42 Å². The van der Waals surface area contributed by atoms with Crippen molar-refractivity contribution in [2.24, 2.45) is 16.1 Å². The molecule has 0 saturated heterocycles. The van der Waals surface area contributed by atoms with E-state index in [1.807, 2.05) is 12.1 Å². The topological polar surface area (TPSA) is 82.9 Å². The molecule has 0 bridgehead atoms. The van der Waals surface area contributed by atoms with Gasteiger partial charge in [-0.05, 0) is 29.9 Å². The van der Waals surface area contributed by atoms with Crippen LogP contribution < -0.4 is 10.9 Å². The maximum atomic E-state index is 11.8. The van der Waals surface area contributed by atoms with Crippen molar-refractivity contribution < 1.29 is 9.59 Å². The van der Waals surface area contributed by atoms with Crippen LogP contribution in [0.4, 0.5) is 0 Å². The summed E-state index contributed by atoms with van der Waals surface area (Å²) in [5.74, 6) is -0.683. The van der Waals surface area contributed by atoms with Gasteiger partial charge in [0.25, 0.3) is 0 Å². The number of amides is 2. The SMILES string of the molecule is CC1=NNC(=O)[C@H]1CCC(=O)N/N=C\c1ccc(C(C)(C)C)cc1. The van der Waals surface area contributed by atoms with Gasteiger partial charge in [-0.15, -0.1) is 0 Å². The second-order valence-electron chi connectivity index (χ2n) is 6.99. The first-order valence-corrected chi connectivity index (χ1v) is 8.04. The molecule has 1 heterocycles. The Bertz CT molecular complexity index is 669. The molecule has 0 fully saturated rings. The number of carbonyl (C=O) groups excluding carboxylic acids is 2. The van der Waals surface area contributed by atoms with E-state index in [1.54, 1.807) is 13.1 Å². The molecule has 0 aliphatic carbocycles. The predicted octanol–water partition coefficient (Wildman–Crippen LogP) is 2.34. The van der Waals surface area contributed by atoms with Crippen molar-refractivity contribution in [3.8, 4) is 0 Å². The Hall–Kier alpha value is -2.50. The fourth-order valence-corrected chi connectivity index (χ4v) is 2.41. The van der Waals surface area contributed by atoms with Crippen molar-refractivity contribution in [2.45, 2.75) is 46.0 Å². The third kappa shape index (κ3) is 4.75. The smallest absolute Gasteiger partial charge is 0.248 e. The van der Waals surface area contributed by atoms with Gasteiger partial charge in [0.15, 0.2) is 0 Å². The van der Waals surface area contributed by atoms with E-state index in [9.17, 15) is 9.59 Å². The summed E-state index contributed by atoms with van der Waals surface area (Å²) < 4.78 is 0. The number of hydrogen-bond donors (Lipinski definition) is 2. The largest absolute Gasteiger partial charge is 0.273 e. The van der Waals surface area contributed by atoms with Crippen LogP contribution in [-0.4, -0.2) is 23.7 Å². The van der Waals surface area contributed by atoms with Crippen LogP contribution in [0.3, 0.4) is 0 Å². The van der Waals surface area contributed by atoms with Gasteiger partial charge in [0.1, 0.15) is 0 Å². The summed E-state index contributed by atoms with van der Waals surface area (Å²) in [4.78, 5) is 23.3. The molecule has 2 N–H and O–H groups in total. The molecule has 0 radical (unpaired) electrons. The molecule has 0 unspecified atom stereocenters. The molecule has 2 amide bonds. The third-order valence-corrected chi connectivity index (χ3v) is 4.00. The van der Waals surface area contributed by atoms with Crippen molar-refractivity contribution >= 4 is 23.7 Å². The van der Waals surface area contributed by atoms with Gasteiger partial charge in [0, 0.05) is 12.1 Å². The average molecular weight is 328 g/mol. The minimum absolute atomic E-state index is 0.109. The molecule has 0 aromatic heterocycles. The lowest BCUT2D eigenvalue weighted by molar-refractivity contribution is -0.123. The molecule has 6 nitrogen and oxygen atoms in total. The molecule has 0 spiro atoms. The normalized spacial score (nSPS) is 17.8. The summed E-state index contributed by atoms with van der Waals surface area (Å²) in [5, 5.41) is 7.82. The van der Waals surface area contributed by atoms with Gasteiger partial charge in [-0.2, -0.15) is 10.2 Å². The summed E-state index contributed by atoms with van der Waals surface area (Å²) in [6.07, 6.45) is 2.27. The van der Waals surface area contributed by atoms with Crippen LogP contribution in [0.5, 0.6) is 0 Å². The Kier molecular flexibility index (Phi) is 5.49. The van der Waals surface area contributed by atoms with Gasteiger partial charge in [-0.25, -0.2) is 10.9 Å². The fraction of sp³-hybridized carbons (Fsp3) is 0.444. The highest BCUT2D eigenvalue weighted by Gasteiger charge is 2.26. The maximum Gasteiger partial charge on any atom is 0.248 e. The minimum Gasteiger partial charge on any atom is -0.273 e. The van der Waals surface area contributed by atoms with Gasteiger partial charge in [0.2, 0.25) is 11.8 Å². The molecule has 24 heavy (non-hydrogen) atoms. The van der Waals surface area contributed by atoms with Crippen LogP contribution in [0, 0.1) is 5.92 Å². The van der Waals surface area contributed by atoms with Crippen LogP contribution >= 0.6 is 0 Å². The zero-order chi connectivity index (χ0) is 17.7. The number of nitrogens with one attached hydrogen (secondary N) is 2.